The molecular formula is C2H5KNa2O4. The van der Waals surface area contributed by atoms with Crippen LogP contribution in [0.25, 0.3) is 0 Å². The van der Waals surface area contributed by atoms with Gasteiger partial charge in [-0.05, 0) is 6.92 Å². The Bertz CT molecular complexity index is 39.5. The molecule has 0 saturated carbocycles. The van der Waals surface area contributed by atoms with Crippen LogP contribution in [-0.4, -0.2) is 16.9 Å². The van der Waals surface area contributed by atoms with Gasteiger partial charge in [0.25, 0.3) is 0 Å². The monoisotopic (exact) mass is 178 g/mol. The van der Waals surface area contributed by atoms with E-state index in [0.717, 1.165) is 6.92 Å². The van der Waals surface area contributed by atoms with E-state index in [9.17, 15) is 0 Å². The normalized spacial score (nSPS) is 2.78. The van der Waals surface area contributed by atoms with E-state index in [4.69, 9.17) is 9.90 Å². The van der Waals surface area contributed by atoms with Crippen LogP contribution in [-0.2, 0) is 4.79 Å². The average molecular weight is 178 g/mol. The van der Waals surface area contributed by atoms with Crippen molar-refractivity contribution in [3.05, 3.63) is 0 Å². The van der Waals surface area contributed by atoms with Gasteiger partial charge in [-0.2, -0.15) is 0 Å². The maximum atomic E-state index is 8.89. The van der Waals surface area contributed by atoms with Crippen molar-refractivity contribution in [2.24, 2.45) is 0 Å². The van der Waals surface area contributed by atoms with E-state index in [1.54, 1.807) is 0 Å². The molecule has 0 spiro atoms. The van der Waals surface area contributed by atoms with Gasteiger partial charge < -0.3 is 20.9 Å². The third-order valence-corrected chi connectivity index (χ3v) is 0. The van der Waals surface area contributed by atoms with Crippen molar-refractivity contribution < 1.29 is 131 Å². The summed E-state index contributed by atoms with van der Waals surface area (Å²) in [7, 11) is 0. The van der Waals surface area contributed by atoms with E-state index in [2.05, 4.69) is 0 Å². The molecule has 7 heteroatoms. The zero-order valence-electron chi connectivity index (χ0n) is 6.21. The molecule has 2 N–H and O–H groups in total. The summed E-state index contributed by atoms with van der Waals surface area (Å²) in [5.41, 5.74) is 0. The van der Waals surface area contributed by atoms with E-state index in [1.807, 2.05) is 0 Å². The van der Waals surface area contributed by atoms with Crippen molar-refractivity contribution >= 4 is 5.97 Å². The fourth-order valence-corrected chi connectivity index (χ4v) is 0. The topological polar surface area (TPSA) is 100 Å². The Balaban J connectivity index is -0.00000000450. The van der Waals surface area contributed by atoms with E-state index >= 15 is 0 Å². The Labute approximate surface area is 141 Å². The van der Waals surface area contributed by atoms with Crippen molar-refractivity contribution in [3.63, 3.8) is 0 Å². The Morgan fingerprint density at radius 1 is 1.22 bits per heavy atom. The predicted octanol–water partition coefficient (Wildman–Crippen LogP) is -10.6. The fourth-order valence-electron chi connectivity index (χ4n) is 0. The number of rotatable bonds is 0. The quantitative estimate of drug-likeness (QED) is 0.344. The summed E-state index contributed by atoms with van der Waals surface area (Å²) < 4.78 is 0. The summed E-state index contributed by atoms with van der Waals surface area (Å²) in [6.07, 6.45) is 0. The molecule has 0 amide bonds. The van der Waals surface area contributed by atoms with Gasteiger partial charge in [0.05, 0.1) is 0 Å². The second-order valence-electron chi connectivity index (χ2n) is 0.492. The number of carbonyl (C=O) groups is 1. The van der Waals surface area contributed by atoms with E-state index in [-0.39, 0.29) is 121 Å². The van der Waals surface area contributed by atoms with Crippen molar-refractivity contribution in [2.75, 3.05) is 0 Å². The summed E-state index contributed by atoms with van der Waals surface area (Å²) in [5, 5.41) is 8.89. The van der Waals surface area contributed by atoms with Crippen molar-refractivity contribution in [2.45, 2.75) is 6.92 Å². The summed E-state index contributed by atoms with van der Waals surface area (Å²) in [6.45, 7) is 0.972. The first kappa shape index (κ1) is 40.3. The minimum Gasteiger partial charge on any atom is -0.870 e. The first-order valence-corrected chi connectivity index (χ1v) is 0.908. The molecule has 0 aliphatic rings. The van der Waals surface area contributed by atoms with Crippen LogP contribution >= 0.6 is 0 Å². The molecule has 0 unspecified atom stereocenters. The van der Waals surface area contributed by atoms with Crippen LogP contribution in [0.3, 0.4) is 0 Å². The molecule has 40 valence electrons. The largest absolute Gasteiger partial charge is 1.00 e. The van der Waals surface area contributed by atoms with Crippen LogP contribution in [0.5, 0.6) is 0 Å². The van der Waals surface area contributed by atoms with Crippen LogP contribution in [0.2, 0.25) is 0 Å². The van der Waals surface area contributed by atoms with Gasteiger partial charge in [0.1, 0.15) is 0 Å². The number of carboxylic acids is 1. The molecule has 0 aliphatic heterocycles. The Hall–Kier alpha value is 3.03. The van der Waals surface area contributed by atoms with Gasteiger partial charge in [0.15, 0.2) is 0 Å². The molecule has 0 radical (unpaired) electrons. The van der Waals surface area contributed by atoms with Crippen LogP contribution in [0, 0.1) is 0 Å². The van der Waals surface area contributed by atoms with E-state index in [1.165, 1.54) is 0 Å². The molecule has 0 atom stereocenters. The van der Waals surface area contributed by atoms with Crippen LogP contribution in [0.1, 0.15) is 6.92 Å². The molecule has 0 aromatic rings. The molecule has 0 aromatic carbocycles. The minimum atomic E-state index is -1.08. The third-order valence-electron chi connectivity index (χ3n) is 0. The van der Waals surface area contributed by atoms with Gasteiger partial charge in [-0.3, -0.25) is 0 Å². The molecule has 0 bridgehead atoms. The SMILES string of the molecule is CC(=O)[O-].[K+].[Na+].[Na+].[OH-].[OH-]. The zero-order chi connectivity index (χ0) is 3.58. The number of carbonyl (C=O) groups excluding carboxylic acids is 1. The summed E-state index contributed by atoms with van der Waals surface area (Å²) in [5.74, 6) is -1.08. The number of hydrogen-bond acceptors (Lipinski definition) is 4. The zero-order valence-corrected chi connectivity index (χ0v) is 13.3. The maximum Gasteiger partial charge on any atom is 1.00 e. The van der Waals surface area contributed by atoms with Crippen molar-refractivity contribution in [1.82, 2.24) is 0 Å². The predicted molar refractivity (Wildman–Crippen MR) is 14.6 cm³/mol. The van der Waals surface area contributed by atoms with Gasteiger partial charge in [-0.25, -0.2) is 0 Å². The molecule has 0 saturated heterocycles. The maximum absolute atomic E-state index is 8.89. The molecule has 0 aromatic heterocycles. The smallest absolute Gasteiger partial charge is 0.870 e. The van der Waals surface area contributed by atoms with Crippen LogP contribution in [0.15, 0.2) is 0 Å². The molecule has 4 nitrogen and oxygen atoms in total. The molecule has 0 heterocycles. The minimum absolute atomic E-state index is 0. The average Bonchev–Trinajstić information content (AvgIpc) is 0.811. The summed E-state index contributed by atoms with van der Waals surface area (Å²) >= 11 is 0. The number of hydrogen-bond donors (Lipinski definition) is 0. The Morgan fingerprint density at radius 2 is 1.22 bits per heavy atom. The third kappa shape index (κ3) is 98.1. The van der Waals surface area contributed by atoms with Crippen molar-refractivity contribution in [3.8, 4) is 0 Å². The van der Waals surface area contributed by atoms with Crippen LogP contribution in [0.4, 0.5) is 0 Å². The molecule has 0 rings (SSSR count). The van der Waals surface area contributed by atoms with Gasteiger partial charge in [-0.15, -0.1) is 0 Å². The van der Waals surface area contributed by atoms with E-state index < -0.39 is 5.97 Å². The second kappa shape index (κ2) is 30.5. The first-order valence-electron chi connectivity index (χ1n) is 0.908. The molecular weight excluding hydrogens is 173 g/mol. The fraction of sp³-hybridized carbons (Fsp3) is 0.500. The summed E-state index contributed by atoms with van der Waals surface area (Å²) in [6, 6.07) is 0. The number of aliphatic carboxylic acids is 1. The second-order valence-corrected chi connectivity index (χ2v) is 0.492. The standard InChI is InChI=1S/C2H4O2.K.2Na.2H2O/c1-2(3)4;;;;;/h1H3,(H,3,4);;;;2*1H2/q;3*+1;;/p-3. The number of carboxylic acid groups (broad SMARTS) is 1. The van der Waals surface area contributed by atoms with Gasteiger partial charge in [0, 0.05) is 5.97 Å². The van der Waals surface area contributed by atoms with Crippen molar-refractivity contribution in [1.29, 1.82) is 0 Å². The van der Waals surface area contributed by atoms with Gasteiger partial charge in [-0.1, -0.05) is 0 Å². The summed E-state index contributed by atoms with van der Waals surface area (Å²) in [4.78, 5) is 8.89. The molecule has 0 aliphatic carbocycles. The Kier molecular flexibility index (Phi) is 137. The first-order chi connectivity index (χ1) is 1.73. The van der Waals surface area contributed by atoms with Crippen LogP contribution < -0.4 is 116 Å². The molecule has 0 fully saturated rings. The van der Waals surface area contributed by atoms with Gasteiger partial charge >= 0.3 is 110 Å². The molecule has 9 heavy (non-hydrogen) atoms. The van der Waals surface area contributed by atoms with Gasteiger partial charge in [0.2, 0.25) is 0 Å². The Morgan fingerprint density at radius 3 is 1.22 bits per heavy atom. The van der Waals surface area contributed by atoms with E-state index in [0.29, 0.717) is 0 Å².